The third-order valence-electron chi connectivity index (χ3n) is 4.78. The lowest BCUT2D eigenvalue weighted by atomic mass is 9.76. The molecule has 1 heterocycles. The molecule has 1 aromatic rings. The van der Waals surface area contributed by atoms with Gasteiger partial charge in [0.2, 0.25) is 0 Å². The highest BCUT2D eigenvalue weighted by Gasteiger charge is 2.58. The van der Waals surface area contributed by atoms with Crippen molar-refractivity contribution in [3.63, 3.8) is 0 Å². The minimum absolute atomic E-state index is 0.0365. The van der Waals surface area contributed by atoms with Crippen molar-refractivity contribution in [1.29, 1.82) is 0 Å². The Kier molecular flexibility index (Phi) is 6.70. The quantitative estimate of drug-likeness (QED) is 0.628. The van der Waals surface area contributed by atoms with Crippen LogP contribution in [0.5, 0.6) is 0 Å². The smallest absolute Gasteiger partial charge is 0.417 e. The molecule has 0 spiro atoms. The van der Waals surface area contributed by atoms with Crippen LogP contribution in [0.1, 0.15) is 39.2 Å². The lowest BCUT2D eigenvalue weighted by Crippen LogP contribution is -2.56. The number of nitrogens with zero attached hydrogens (tertiary/aromatic N) is 1. The zero-order valence-electron chi connectivity index (χ0n) is 15.9. The van der Waals surface area contributed by atoms with E-state index in [-0.39, 0.29) is 31.5 Å². The monoisotopic (exact) mass is 469 g/mol. The first-order valence-corrected chi connectivity index (χ1v) is 9.73. The summed E-state index contributed by atoms with van der Waals surface area (Å²) in [4.78, 5) is 13.5. The van der Waals surface area contributed by atoms with Gasteiger partial charge in [-0.3, -0.25) is 0 Å². The number of carbonyl (C=O) groups excluding carboxylic acids is 1. The van der Waals surface area contributed by atoms with E-state index in [1.807, 2.05) is 0 Å². The maximum absolute atomic E-state index is 13.8. The van der Waals surface area contributed by atoms with Crippen molar-refractivity contribution < 1.29 is 32.2 Å². The second-order valence-corrected chi connectivity index (χ2v) is 8.93. The maximum Gasteiger partial charge on any atom is 0.417 e. The molecule has 28 heavy (non-hydrogen) atoms. The normalized spacial score (nSPS) is 18.7. The molecule has 1 aromatic carbocycles. The Morgan fingerprint density at radius 2 is 1.82 bits per heavy atom. The van der Waals surface area contributed by atoms with E-state index in [0.717, 1.165) is 12.1 Å². The number of rotatable bonds is 3. The van der Waals surface area contributed by atoms with Crippen LogP contribution in [0.15, 0.2) is 22.7 Å². The summed E-state index contributed by atoms with van der Waals surface area (Å²) in [6, 6.07) is 3.42. The second-order valence-electron chi connectivity index (χ2n) is 8.08. The Labute approximate surface area is 170 Å². The van der Waals surface area contributed by atoms with Gasteiger partial charge in [0.1, 0.15) is 11.4 Å². The van der Waals surface area contributed by atoms with Crippen molar-refractivity contribution >= 4 is 22.0 Å². The fourth-order valence-corrected chi connectivity index (χ4v) is 3.70. The molecule has 1 unspecified atom stereocenters. The zero-order valence-corrected chi connectivity index (χ0v) is 17.5. The number of halogens is 5. The van der Waals surface area contributed by atoms with E-state index >= 15 is 0 Å². The third-order valence-corrected chi connectivity index (χ3v) is 5.55. The average molecular weight is 470 g/mol. The van der Waals surface area contributed by atoms with E-state index in [4.69, 9.17) is 4.74 Å². The van der Waals surface area contributed by atoms with E-state index in [9.17, 15) is 27.5 Å². The zero-order chi connectivity index (χ0) is 21.3. The fraction of sp³-hybridized carbons (Fsp3) is 0.632. The van der Waals surface area contributed by atoms with Gasteiger partial charge < -0.3 is 14.7 Å². The number of hydrogen-bond donors (Lipinski definition) is 1. The van der Waals surface area contributed by atoms with Gasteiger partial charge in [-0.1, -0.05) is 15.9 Å². The molecule has 2 rings (SSSR count). The van der Waals surface area contributed by atoms with E-state index < -0.39 is 41.6 Å². The predicted octanol–water partition coefficient (Wildman–Crippen LogP) is 5.07. The van der Waals surface area contributed by atoms with Gasteiger partial charge in [-0.2, -0.15) is 13.2 Å². The molecular weight excluding hydrogens is 446 g/mol. The number of likely N-dealkylation sites (tertiary alicyclic amines) is 1. The predicted molar refractivity (Wildman–Crippen MR) is 99.3 cm³/mol. The third kappa shape index (κ3) is 5.37. The molecule has 1 aliphatic rings. The molecule has 0 aliphatic carbocycles. The Hall–Kier alpha value is -1.35. The molecule has 0 saturated carbocycles. The van der Waals surface area contributed by atoms with Crippen LogP contribution in [-0.2, 0) is 11.2 Å². The largest absolute Gasteiger partial charge is 0.444 e. The summed E-state index contributed by atoms with van der Waals surface area (Å²) in [6.45, 7) is 5.20. The molecule has 1 fully saturated rings. The first kappa shape index (κ1) is 22.9. The molecule has 1 amide bonds. The van der Waals surface area contributed by atoms with Gasteiger partial charge in [0, 0.05) is 29.9 Å². The molecule has 158 valence electrons. The molecular formula is C19H24BrF4NO3. The Morgan fingerprint density at radius 1 is 1.25 bits per heavy atom. The minimum Gasteiger partial charge on any atom is -0.444 e. The molecule has 0 radical (unpaired) electrons. The summed E-state index contributed by atoms with van der Waals surface area (Å²) in [6.07, 6.45) is -6.34. The number of benzene rings is 1. The highest BCUT2D eigenvalue weighted by molar-refractivity contribution is 9.10. The maximum atomic E-state index is 13.8. The SMILES string of the molecule is CC(C)(C)OC(=O)N1CCC(C(O)(Cc2cc(F)ccc2Br)C(F)(F)F)CC1. The van der Waals surface area contributed by atoms with Crippen LogP contribution in [0.4, 0.5) is 22.4 Å². The van der Waals surface area contributed by atoms with Crippen LogP contribution in [0.2, 0.25) is 0 Å². The van der Waals surface area contributed by atoms with Crippen LogP contribution in [-0.4, -0.2) is 46.6 Å². The average Bonchev–Trinajstić information content (AvgIpc) is 2.55. The first-order chi connectivity index (χ1) is 12.7. The van der Waals surface area contributed by atoms with E-state index in [1.54, 1.807) is 20.8 Å². The molecule has 1 aliphatic heterocycles. The van der Waals surface area contributed by atoms with Gasteiger partial charge >= 0.3 is 12.3 Å². The molecule has 1 N–H and O–H groups in total. The molecule has 4 nitrogen and oxygen atoms in total. The Balaban J connectivity index is 2.17. The summed E-state index contributed by atoms with van der Waals surface area (Å²) in [5.41, 5.74) is -3.69. The van der Waals surface area contributed by atoms with E-state index in [0.29, 0.717) is 4.47 Å². The Bertz CT molecular complexity index is 712. The van der Waals surface area contributed by atoms with Crippen molar-refractivity contribution in [3.8, 4) is 0 Å². The lowest BCUT2D eigenvalue weighted by molar-refractivity contribution is -0.283. The van der Waals surface area contributed by atoms with Gasteiger partial charge in [0.05, 0.1) is 0 Å². The van der Waals surface area contributed by atoms with Crippen molar-refractivity contribution in [1.82, 2.24) is 4.90 Å². The number of alkyl halides is 3. The summed E-state index contributed by atoms with van der Waals surface area (Å²) >= 11 is 3.12. The summed E-state index contributed by atoms with van der Waals surface area (Å²) in [5.74, 6) is -1.80. The first-order valence-electron chi connectivity index (χ1n) is 8.94. The highest BCUT2D eigenvalue weighted by atomic mass is 79.9. The number of ether oxygens (including phenoxy) is 1. The molecule has 0 bridgehead atoms. The topological polar surface area (TPSA) is 49.8 Å². The van der Waals surface area contributed by atoms with Crippen LogP contribution in [0, 0.1) is 11.7 Å². The van der Waals surface area contributed by atoms with Crippen LogP contribution < -0.4 is 0 Å². The highest BCUT2D eigenvalue weighted by Crippen LogP contribution is 2.44. The van der Waals surface area contributed by atoms with Crippen molar-refractivity contribution in [3.05, 3.63) is 34.1 Å². The standard InChI is InChI=1S/C19H24BrF4NO3/c1-17(2,3)28-16(26)25-8-6-13(7-9-25)18(27,19(22,23)24)11-12-10-14(21)4-5-15(12)20/h4-5,10,13,27H,6-9,11H2,1-3H3. The van der Waals surface area contributed by atoms with Crippen LogP contribution in [0.25, 0.3) is 0 Å². The molecule has 0 aromatic heterocycles. The Morgan fingerprint density at radius 3 is 2.32 bits per heavy atom. The van der Waals surface area contributed by atoms with Crippen molar-refractivity contribution in [2.45, 2.75) is 57.4 Å². The van der Waals surface area contributed by atoms with Crippen LogP contribution >= 0.6 is 15.9 Å². The summed E-state index contributed by atoms with van der Waals surface area (Å²) < 4.78 is 60.5. The number of carbonyl (C=O) groups is 1. The number of aliphatic hydroxyl groups is 1. The number of piperidine rings is 1. The van der Waals surface area contributed by atoms with Gasteiger partial charge in [-0.15, -0.1) is 0 Å². The van der Waals surface area contributed by atoms with Crippen molar-refractivity contribution in [2.75, 3.05) is 13.1 Å². The van der Waals surface area contributed by atoms with Crippen molar-refractivity contribution in [2.24, 2.45) is 5.92 Å². The van der Waals surface area contributed by atoms with E-state index in [2.05, 4.69) is 15.9 Å². The molecule has 1 atom stereocenters. The van der Waals surface area contributed by atoms with Gasteiger partial charge in [-0.25, -0.2) is 9.18 Å². The summed E-state index contributed by atoms with van der Waals surface area (Å²) in [7, 11) is 0. The minimum atomic E-state index is -4.91. The number of hydrogen-bond acceptors (Lipinski definition) is 3. The molecule has 1 saturated heterocycles. The molecule has 9 heteroatoms. The van der Waals surface area contributed by atoms with E-state index in [1.165, 1.54) is 11.0 Å². The van der Waals surface area contributed by atoms with Crippen LogP contribution in [0.3, 0.4) is 0 Å². The fourth-order valence-electron chi connectivity index (χ4n) is 3.31. The van der Waals surface area contributed by atoms with Gasteiger partial charge in [0.25, 0.3) is 0 Å². The second kappa shape index (κ2) is 8.18. The number of amides is 1. The summed E-state index contributed by atoms with van der Waals surface area (Å²) in [5, 5.41) is 10.6. The van der Waals surface area contributed by atoms with Gasteiger partial charge in [0.15, 0.2) is 5.60 Å². The lowest BCUT2D eigenvalue weighted by Gasteiger charge is -2.42. The van der Waals surface area contributed by atoms with Gasteiger partial charge in [-0.05, 0) is 57.4 Å².